The van der Waals surface area contributed by atoms with Crippen molar-refractivity contribution in [2.24, 2.45) is 0 Å². The monoisotopic (exact) mass is 364 g/mol. The molecule has 5 nitrogen and oxygen atoms in total. The number of rotatable bonds is 5. The van der Waals surface area contributed by atoms with Crippen molar-refractivity contribution in [2.45, 2.75) is 63.2 Å². The first kappa shape index (κ1) is 20.2. The van der Waals surface area contributed by atoms with Gasteiger partial charge in [-0.25, -0.2) is 4.79 Å². The molecule has 0 bridgehead atoms. The molecule has 1 aromatic carbocycles. The molecule has 0 amide bonds. The first-order valence-electron chi connectivity index (χ1n) is 8.76. The minimum Gasteiger partial charge on any atom is -0.459 e. The Morgan fingerprint density at radius 2 is 1.88 bits per heavy atom. The average Bonchev–Trinajstić information content (AvgIpc) is 2.80. The van der Waals surface area contributed by atoms with Crippen molar-refractivity contribution < 1.29 is 23.8 Å². The van der Waals surface area contributed by atoms with E-state index in [2.05, 4.69) is 33.9 Å². The number of hydrogen-bond donors (Lipinski definition) is 1. The van der Waals surface area contributed by atoms with Crippen LogP contribution in [0.1, 0.15) is 31.1 Å². The Labute approximate surface area is 152 Å². The summed E-state index contributed by atoms with van der Waals surface area (Å²) in [6, 6.07) is 8.49. The maximum absolute atomic E-state index is 12.1. The zero-order chi connectivity index (χ0) is 18.8. The summed E-state index contributed by atoms with van der Waals surface area (Å²) in [6.45, 7) is 10.8. The van der Waals surface area contributed by atoms with E-state index in [0.717, 1.165) is 0 Å². The highest BCUT2D eigenvalue weighted by Gasteiger charge is 2.48. The van der Waals surface area contributed by atoms with Gasteiger partial charge < -0.3 is 19.0 Å². The summed E-state index contributed by atoms with van der Waals surface area (Å²) in [6.07, 6.45) is -1.68. The number of esters is 1. The zero-order valence-corrected chi connectivity index (χ0v) is 17.0. The van der Waals surface area contributed by atoms with E-state index in [0.29, 0.717) is 5.56 Å². The summed E-state index contributed by atoms with van der Waals surface area (Å²) in [5, 5.41) is 10.5. The molecule has 0 spiro atoms. The third kappa shape index (κ3) is 4.73. The molecule has 25 heavy (non-hydrogen) atoms. The number of benzene rings is 1. The van der Waals surface area contributed by atoms with Gasteiger partial charge in [-0.2, -0.15) is 0 Å². The maximum atomic E-state index is 12.1. The van der Waals surface area contributed by atoms with Crippen molar-refractivity contribution in [3.8, 4) is 0 Å². The Balaban J connectivity index is 2.04. The summed E-state index contributed by atoms with van der Waals surface area (Å²) in [5.74, 6) is -0.399. The molecule has 0 aromatic heterocycles. The van der Waals surface area contributed by atoms with Gasteiger partial charge >= 0.3 is 5.97 Å². The zero-order valence-electron chi connectivity index (χ0n) is 16.0. The summed E-state index contributed by atoms with van der Waals surface area (Å²) in [7, 11) is -0.273. The van der Waals surface area contributed by atoms with Gasteiger partial charge in [-0.05, 0) is 30.3 Å². The predicted octanol–water partition coefficient (Wildman–Crippen LogP) is 1.95. The van der Waals surface area contributed by atoms with Gasteiger partial charge in [-0.1, -0.05) is 39.0 Å². The van der Waals surface area contributed by atoms with Crippen LogP contribution in [0, 0.1) is 0 Å². The Morgan fingerprint density at radius 3 is 2.44 bits per heavy atom. The van der Waals surface area contributed by atoms with Crippen LogP contribution in [0.2, 0.25) is 18.1 Å². The molecule has 7 heteroatoms. The van der Waals surface area contributed by atoms with Crippen LogP contribution in [-0.4, -0.2) is 58.2 Å². The standard InChI is InChI=1S/C18H29BO5Si/c1-18(2,3)25(4,5)24-15-13(23-16(19)14(15)20)11-22-17(21)12-9-7-6-8-10-12/h6-10,13-16,20H,11,19H2,1-5H3/t13-,14?,15+,16-/m1/s1. The lowest BCUT2D eigenvalue weighted by Gasteiger charge is -2.40. The quantitative estimate of drug-likeness (QED) is 0.639. The van der Waals surface area contributed by atoms with E-state index in [4.69, 9.17) is 13.9 Å². The van der Waals surface area contributed by atoms with Gasteiger partial charge in [0.1, 0.15) is 26.7 Å². The topological polar surface area (TPSA) is 65.0 Å². The van der Waals surface area contributed by atoms with Crippen molar-refractivity contribution in [3.63, 3.8) is 0 Å². The molecule has 138 valence electrons. The van der Waals surface area contributed by atoms with Gasteiger partial charge in [0.05, 0.1) is 17.7 Å². The van der Waals surface area contributed by atoms with Gasteiger partial charge in [0, 0.05) is 0 Å². The van der Waals surface area contributed by atoms with Crippen molar-refractivity contribution in [1.29, 1.82) is 0 Å². The number of ether oxygens (including phenoxy) is 2. The molecule has 0 saturated carbocycles. The van der Waals surface area contributed by atoms with Crippen LogP contribution in [-0.2, 0) is 13.9 Å². The average molecular weight is 364 g/mol. The number of carbonyl (C=O) groups is 1. The largest absolute Gasteiger partial charge is 0.459 e. The van der Waals surface area contributed by atoms with Crippen LogP contribution < -0.4 is 0 Å². The second-order valence-corrected chi connectivity index (χ2v) is 12.9. The van der Waals surface area contributed by atoms with Crippen LogP contribution >= 0.6 is 0 Å². The summed E-state index contributed by atoms with van der Waals surface area (Å²) >= 11 is 0. The summed E-state index contributed by atoms with van der Waals surface area (Å²) in [4.78, 5) is 12.1. The van der Waals surface area contributed by atoms with Crippen molar-refractivity contribution >= 4 is 22.1 Å². The van der Waals surface area contributed by atoms with Gasteiger partial charge in [-0.15, -0.1) is 0 Å². The van der Waals surface area contributed by atoms with Gasteiger partial charge in [-0.3, -0.25) is 0 Å². The molecule has 0 aliphatic carbocycles. The molecule has 1 unspecified atom stereocenters. The van der Waals surface area contributed by atoms with E-state index in [1.165, 1.54) is 0 Å². The number of aliphatic hydroxyl groups excluding tert-OH is 1. The lowest BCUT2D eigenvalue weighted by molar-refractivity contribution is -0.0192. The Morgan fingerprint density at radius 1 is 1.28 bits per heavy atom. The molecule has 1 fully saturated rings. The van der Waals surface area contributed by atoms with Crippen molar-refractivity contribution in [1.82, 2.24) is 0 Å². The van der Waals surface area contributed by atoms with E-state index in [1.807, 2.05) is 13.9 Å². The van der Waals surface area contributed by atoms with E-state index < -0.39 is 32.6 Å². The second-order valence-electron chi connectivity index (χ2n) is 8.18. The number of carbonyl (C=O) groups excluding carboxylic acids is 1. The number of hydrogen-bond acceptors (Lipinski definition) is 5. The minimum atomic E-state index is -2.08. The minimum absolute atomic E-state index is 0.0177. The highest BCUT2D eigenvalue weighted by atomic mass is 28.4. The fraction of sp³-hybridized carbons (Fsp3) is 0.611. The molecule has 1 aliphatic heterocycles. The molecule has 1 heterocycles. The lowest BCUT2D eigenvalue weighted by atomic mass is 9.93. The fourth-order valence-electron chi connectivity index (χ4n) is 2.53. The van der Waals surface area contributed by atoms with Crippen LogP contribution in [0.3, 0.4) is 0 Å². The molecule has 4 atom stereocenters. The van der Waals surface area contributed by atoms with E-state index in [1.54, 1.807) is 24.3 Å². The maximum Gasteiger partial charge on any atom is 0.338 e. The highest BCUT2D eigenvalue weighted by molar-refractivity contribution is 6.74. The SMILES string of the molecule is B[C@@H]1O[C@H](COC(=O)c2ccccc2)[C@H](O[Si](C)(C)C(C)(C)C)C1O. The van der Waals surface area contributed by atoms with Gasteiger partial charge in [0.2, 0.25) is 0 Å². The lowest BCUT2D eigenvalue weighted by Crippen LogP contribution is -2.50. The third-order valence-corrected chi connectivity index (χ3v) is 9.67. The van der Waals surface area contributed by atoms with Crippen LogP contribution in [0.25, 0.3) is 0 Å². The van der Waals surface area contributed by atoms with Gasteiger partial charge in [0.25, 0.3) is 0 Å². The normalized spacial score (nSPS) is 27.3. The van der Waals surface area contributed by atoms with Crippen LogP contribution in [0.4, 0.5) is 0 Å². The molecule has 1 N–H and O–H groups in total. The van der Waals surface area contributed by atoms with E-state index in [-0.39, 0.29) is 17.6 Å². The Hall–Kier alpha value is -1.15. The highest BCUT2D eigenvalue weighted by Crippen LogP contribution is 2.39. The Kier molecular flexibility index (Phi) is 6.14. The first-order chi connectivity index (χ1) is 11.5. The van der Waals surface area contributed by atoms with Crippen LogP contribution in [0.15, 0.2) is 30.3 Å². The summed E-state index contributed by atoms with van der Waals surface area (Å²) < 4.78 is 17.6. The second kappa shape index (κ2) is 7.62. The van der Waals surface area contributed by atoms with E-state index in [9.17, 15) is 9.90 Å². The molecule has 1 aromatic rings. The smallest absolute Gasteiger partial charge is 0.338 e. The van der Waals surface area contributed by atoms with Gasteiger partial charge in [0.15, 0.2) is 8.32 Å². The Bertz CT molecular complexity index is 587. The molecule has 0 radical (unpaired) electrons. The number of aliphatic hydroxyl groups is 1. The summed E-state index contributed by atoms with van der Waals surface area (Å²) in [5.41, 5.74) is 0.496. The first-order valence-corrected chi connectivity index (χ1v) is 11.7. The molecular formula is C18H29BO5Si. The van der Waals surface area contributed by atoms with Crippen molar-refractivity contribution in [2.75, 3.05) is 6.61 Å². The van der Waals surface area contributed by atoms with E-state index >= 15 is 0 Å². The third-order valence-electron chi connectivity index (χ3n) is 5.20. The fourth-order valence-corrected chi connectivity index (χ4v) is 3.86. The van der Waals surface area contributed by atoms with Crippen LogP contribution in [0.5, 0.6) is 0 Å². The predicted molar refractivity (Wildman–Crippen MR) is 102 cm³/mol. The van der Waals surface area contributed by atoms with Crippen molar-refractivity contribution in [3.05, 3.63) is 35.9 Å². The molecule has 2 rings (SSSR count). The molecular weight excluding hydrogens is 335 g/mol. The molecule has 1 aliphatic rings. The molecule has 1 saturated heterocycles.